The molecule has 4 heteroatoms. The van der Waals surface area contributed by atoms with Crippen LogP contribution in [0.15, 0.2) is 54.1 Å². The molecule has 0 saturated heterocycles. The summed E-state index contributed by atoms with van der Waals surface area (Å²) in [4.78, 5) is 12.2. The first-order valence-corrected chi connectivity index (χ1v) is 9.63. The molecule has 0 atom stereocenters. The molecular weight excluding hydrogens is 350 g/mol. The summed E-state index contributed by atoms with van der Waals surface area (Å²) >= 11 is 0. The van der Waals surface area contributed by atoms with E-state index in [0.29, 0.717) is 17.7 Å². The van der Waals surface area contributed by atoms with Gasteiger partial charge in [0.2, 0.25) is 0 Å². The number of carbonyl (C=O) groups is 1. The summed E-state index contributed by atoms with van der Waals surface area (Å²) in [5.41, 5.74) is 3.30. The highest BCUT2D eigenvalue weighted by atomic mass is 16.5. The van der Waals surface area contributed by atoms with Gasteiger partial charge in [0.05, 0.1) is 6.61 Å². The first-order chi connectivity index (χ1) is 13.1. The molecule has 1 amide bonds. The van der Waals surface area contributed by atoms with E-state index in [2.05, 4.69) is 39.9 Å². The smallest absolute Gasteiger partial charge is 0.251 e. The van der Waals surface area contributed by atoms with Crippen molar-refractivity contribution in [2.75, 3.05) is 6.61 Å². The maximum atomic E-state index is 12.2. The number of ether oxygens (including phenoxy) is 1. The fourth-order valence-electron chi connectivity index (χ4n) is 4.01. The summed E-state index contributed by atoms with van der Waals surface area (Å²) in [6.07, 6.45) is 0. The molecule has 3 rings (SSSR count). The Hall–Kier alpha value is -2.75. The number of hydrogen-bond acceptors (Lipinski definition) is 3. The highest BCUT2D eigenvalue weighted by Crippen LogP contribution is 2.49. The van der Waals surface area contributed by atoms with Crippen LogP contribution in [0, 0.1) is 10.8 Å². The summed E-state index contributed by atoms with van der Waals surface area (Å²) in [5, 5.41) is 13.4. The van der Waals surface area contributed by atoms with Gasteiger partial charge in [-0.3, -0.25) is 4.79 Å². The van der Waals surface area contributed by atoms with E-state index in [9.17, 15) is 9.90 Å². The molecule has 0 aromatic heterocycles. The van der Waals surface area contributed by atoms with Gasteiger partial charge in [-0.25, -0.2) is 0 Å². The summed E-state index contributed by atoms with van der Waals surface area (Å²) in [7, 11) is 0. The van der Waals surface area contributed by atoms with E-state index in [-0.39, 0.29) is 29.0 Å². The van der Waals surface area contributed by atoms with Crippen molar-refractivity contribution >= 4 is 11.7 Å². The predicted octanol–water partition coefficient (Wildman–Crippen LogP) is 5.14. The molecule has 2 aromatic carbocycles. The van der Waals surface area contributed by atoms with Gasteiger partial charge in [0, 0.05) is 28.7 Å². The van der Waals surface area contributed by atoms with E-state index < -0.39 is 0 Å². The summed E-state index contributed by atoms with van der Waals surface area (Å²) in [5.74, 6) is 0.843. The summed E-state index contributed by atoms with van der Waals surface area (Å²) in [6, 6.07) is 14.6. The predicted molar refractivity (Wildman–Crippen MR) is 112 cm³/mol. The van der Waals surface area contributed by atoms with E-state index in [1.807, 2.05) is 30.3 Å². The lowest BCUT2D eigenvalue weighted by Crippen LogP contribution is -2.24. The molecule has 0 fully saturated rings. The van der Waals surface area contributed by atoms with Gasteiger partial charge in [-0.2, -0.15) is 0 Å². The van der Waals surface area contributed by atoms with Gasteiger partial charge in [-0.1, -0.05) is 65.0 Å². The van der Waals surface area contributed by atoms with Crippen molar-refractivity contribution in [3.05, 3.63) is 70.8 Å². The number of amides is 1. The van der Waals surface area contributed by atoms with Crippen LogP contribution in [-0.2, 0) is 11.3 Å². The second kappa shape index (κ2) is 7.34. The van der Waals surface area contributed by atoms with Crippen molar-refractivity contribution < 1.29 is 14.6 Å². The minimum Gasteiger partial charge on any atom is -0.508 e. The molecule has 1 aliphatic heterocycles. The number of rotatable bonds is 4. The van der Waals surface area contributed by atoms with Crippen LogP contribution in [0.2, 0.25) is 0 Å². The van der Waals surface area contributed by atoms with Crippen LogP contribution in [0.5, 0.6) is 5.75 Å². The Morgan fingerprint density at radius 3 is 2.43 bits per heavy atom. The fourth-order valence-corrected chi connectivity index (χ4v) is 4.01. The Bertz CT molecular complexity index is 905. The van der Waals surface area contributed by atoms with Crippen molar-refractivity contribution in [3.63, 3.8) is 0 Å². The molecule has 2 N–H and O–H groups in total. The van der Waals surface area contributed by atoms with Crippen LogP contribution < -0.4 is 5.32 Å². The average Bonchev–Trinajstić information content (AvgIpc) is 2.96. The van der Waals surface area contributed by atoms with Gasteiger partial charge in [0.25, 0.3) is 5.91 Å². The van der Waals surface area contributed by atoms with Crippen molar-refractivity contribution in [2.45, 2.75) is 41.2 Å². The number of nitrogens with one attached hydrogen (secondary N) is 1. The van der Waals surface area contributed by atoms with Crippen LogP contribution in [-0.4, -0.2) is 17.6 Å². The Balaban J connectivity index is 1.82. The maximum Gasteiger partial charge on any atom is 0.251 e. The van der Waals surface area contributed by atoms with E-state index in [4.69, 9.17) is 4.74 Å². The second-order valence-electron chi connectivity index (χ2n) is 9.02. The molecular formula is C24H29NO3. The largest absolute Gasteiger partial charge is 0.508 e. The summed E-state index contributed by atoms with van der Waals surface area (Å²) < 4.78 is 6.04. The van der Waals surface area contributed by atoms with E-state index >= 15 is 0 Å². The van der Waals surface area contributed by atoms with Crippen LogP contribution in [0.25, 0.3) is 5.76 Å². The van der Waals surface area contributed by atoms with Crippen molar-refractivity contribution in [3.8, 4) is 5.75 Å². The molecule has 2 aromatic rings. The number of phenols is 1. The Morgan fingerprint density at radius 2 is 1.82 bits per heavy atom. The van der Waals surface area contributed by atoms with Crippen LogP contribution in [0.1, 0.15) is 56.1 Å². The SMILES string of the molecule is CC(C)(C)C1=C(c2ccc(CNC(=O)c3ccccc3)c(O)c2)OCC1(C)C. The third-order valence-electron chi connectivity index (χ3n) is 5.05. The molecule has 0 aliphatic carbocycles. The zero-order valence-electron chi connectivity index (χ0n) is 17.3. The number of phenolic OH excluding ortho intramolecular Hbond substituents is 1. The number of aromatic hydroxyl groups is 1. The lowest BCUT2D eigenvalue weighted by Gasteiger charge is -2.30. The van der Waals surface area contributed by atoms with E-state index in [1.165, 1.54) is 5.57 Å². The Kier molecular flexibility index (Phi) is 5.24. The van der Waals surface area contributed by atoms with Crippen LogP contribution in [0.4, 0.5) is 0 Å². The molecule has 0 bridgehead atoms. The molecule has 0 spiro atoms. The standard InChI is InChI=1S/C24H29NO3/c1-23(2,3)21-20(28-15-24(21,4)5)17-11-12-18(19(26)13-17)14-25-22(27)16-9-7-6-8-10-16/h6-13,26H,14-15H2,1-5H3,(H,25,27). The highest BCUT2D eigenvalue weighted by Gasteiger charge is 2.41. The fraction of sp³-hybridized carbons (Fsp3) is 0.375. The minimum absolute atomic E-state index is 0.0344. The van der Waals surface area contributed by atoms with Crippen molar-refractivity contribution in [1.29, 1.82) is 0 Å². The van der Waals surface area contributed by atoms with Crippen molar-refractivity contribution in [2.24, 2.45) is 10.8 Å². The molecule has 1 aliphatic rings. The Labute approximate surface area is 167 Å². The molecule has 0 radical (unpaired) electrons. The van der Waals surface area contributed by atoms with Crippen LogP contribution >= 0.6 is 0 Å². The third-order valence-corrected chi connectivity index (χ3v) is 5.05. The lowest BCUT2D eigenvalue weighted by molar-refractivity contribution is 0.0950. The summed E-state index contributed by atoms with van der Waals surface area (Å²) in [6.45, 7) is 11.8. The molecule has 0 saturated carbocycles. The highest BCUT2D eigenvalue weighted by molar-refractivity contribution is 5.94. The van der Waals surface area contributed by atoms with Gasteiger partial charge in [-0.05, 0) is 29.2 Å². The first kappa shape index (κ1) is 20.0. The van der Waals surface area contributed by atoms with Gasteiger partial charge in [-0.15, -0.1) is 0 Å². The number of benzene rings is 2. The monoisotopic (exact) mass is 379 g/mol. The second-order valence-corrected chi connectivity index (χ2v) is 9.02. The topological polar surface area (TPSA) is 58.6 Å². The van der Waals surface area contributed by atoms with Gasteiger partial charge >= 0.3 is 0 Å². The molecule has 28 heavy (non-hydrogen) atoms. The van der Waals surface area contributed by atoms with E-state index in [0.717, 1.165) is 11.3 Å². The maximum absolute atomic E-state index is 12.2. The molecule has 0 unspecified atom stereocenters. The van der Waals surface area contributed by atoms with Crippen molar-refractivity contribution in [1.82, 2.24) is 5.32 Å². The molecule has 4 nitrogen and oxygen atoms in total. The number of hydrogen-bond donors (Lipinski definition) is 2. The Morgan fingerprint density at radius 1 is 1.14 bits per heavy atom. The molecule has 148 valence electrons. The van der Waals surface area contributed by atoms with Gasteiger partial charge < -0.3 is 15.2 Å². The zero-order valence-corrected chi connectivity index (χ0v) is 17.3. The van der Waals surface area contributed by atoms with Gasteiger partial charge in [0.1, 0.15) is 11.5 Å². The third kappa shape index (κ3) is 4.06. The normalized spacial score (nSPS) is 16.0. The molecule has 1 heterocycles. The quantitative estimate of drug-likeness (QED) is 0.774. The average molecular weight is 380 g/mol. The zero-order chi connectivity index (χ0) is 20.5. The lowest BCUT2D eigenvalue weighted by atomic mass is 9.71. The number of carbonyl (C=O) groups excluding carboxylic acids is 1. The van der Waals surface area contributed by atoms with Gasteiger partial charge in [0.15, 0.2) is 0 Å². The minimum atomic E-state index is -0.164. The van der Waals surface area contributed by atoms with E-state index in [1.54, 1.807) is 18.2 Å². The van der Waals surface area contributed by atoms with Crippen LogP contribution in [0.3, 0.4) is 0 Å². The first-order valence-electron chi connectivity index (χ1n) is 9.63.